The van der Waals surface area contributed by atoms with Gasteiger partial charge in [-0.25, -0.2) is 4.98 Å². The van der Waals surface area contributed by atoms with Crippen LogP contribution in [0.5, 0.6) is 0 Å². The Morgan fingerprint density at radius 3 is 2.63 bits per heavy atom. The first-order valence-electron chi connectivity index (χ1n) is 12.7. The van der Waals surface area contributed by atoms with Gasteiger partial charge in [-0.05, 0) is 38.3 Å². The zero-order chi connectivity index (χ0) is 27.6. The van der Waals surface area contributed by atoms with Crippen molar-refractivity contribution in [3.8, 4) is 11.3 Å². The predicted octanol–water partition coefficient (Wildman–Crippen LogP) is 4.40. The van der Waals surface area contributed by atoms with Crippen molar-refractivity contribution < 1.29 is 23.1 Å². The average Bonchev–Trinajstić information content (AvgIpc) is 3.53. The maximum Gasteiger partial charge on any atom is 0.416 e. The van der Waals surface area contributed by atoms with E-state index in [1.54, 1.807) is 23.2 Å². The van der Waals surface area contributed by atoms with Gasteiger partial charge in [0.05, 0.1) is 11.7 Å². The Hall–Kier alpha value is -3.05. The van der Waals surface area contributed by atoms with Crippen molar-refractivity contribution in [2.75, 3.05) is 11.4 Å². The number of unbranched alkanes of at least 4 members (excludes halogenated alkanes) is 2. The van der Waals surface area contributed by atoms with Crippen LogP contribution in [0.25, 0.3) is 17.0 Å². The van der Waals surface area contributed by atoms with Crippen LogP contribution >= 0.6 is 11.6 Å². The van der Waals surface area contributed by atoms with Crippen molar-refractivity contribution in [3.63, 3.8) is 0 Å². The Kier molecular flexibility index (Phi) is 8.37. The van der Waals surface area contributed by atoms with E-state index in [1.807, 2.05) is 16.7 Å². The molecule has 2 aromatic heterocycles. The second-order valence-corrected chi connectivity index (χ2v) is 10.1. The average molecular weight is 554 g/mol. The molecule has 1 saturated heterocycles. The van der Waals surface area contributed by atoms with Gasteiger partial charge in [0.25, 0.3) is 5.56 Å². The van der Waals surface area contributed by atoms with Gasteiger partial charge < -0.3 is 15.3 Å². The Labute approximate surface area is 223 Å². The molecule has 3 heterocycles. The van der Waals surface area contributed by atoms with E-state index in [0.717, 1.165) is 31.7 Å². The normalized spacial score (nSPS) is 17.7. The molecule has 4 rings (SSSR count). The highest BCUT2D eigenvalue weighted by atomic mass is 35.5. The molecule has 0 bridgehead atoms. The number of halogens is 4. The van der Waals surface area contributed by atoms with Gasteiger partial charge >= 0.3 is 6.18 Å². The number of imidazole rings is 1. The lowest BCUT2D eigenvalue weighted by atomic mass is 10.1. The first-order valence-corrected chi connectivity index (χ1v) is 13.1. The summed E-state index contributed by atoms with van der Waals surface area (Å²) < 4.78 is 42.2. The molecule has 0 saturated carbocycles. The van der Waals surface area contributed by atoms with Crippen LogP contribution in [0.3, 0.4) is 0 Å². The maximum atomic E-state index is 13.2. The fraction of sp³-hybridized carbons (Fsp3) is 0.500. The van der Waals surface area contributed by atoms with Crippen molar-refractivity contribution in [1.82, 2.24) is 19.3 Å². The first kappa shape index (κ1) is 28.0. The maximum absolute atomic E-state index is 13.2. The highest BCUT2D eigenvalue weighted by molar-refractivity contribution is 6.30. The van der Waals surface area contributed by atoms with Gasteiger partial charge in [0.2, 0.25) is 11.7 Å². The molecule has 2 unspecified atom stereocenters. The van der Waals surface area contributed by atoms with Crippen LogP contribution in [0, 0.1) is 0 Å². The number of carbonyl (C=O) groups excluding carboxylic acids is 1. The second-order valence-electron chi connectivity index (χ2n) is 9.64. The van der Waals surface area contributed by atoms with E-state index in [9.17, 15) is 27.9 Å². The van der Waals surface area contributed by atoms with Gasteiger partial charge in [-0.15, -0.1) is 0 Å². The second kappa shape index (κ2) is 11.4. The Morgan fingerprint density at radius 1 is 1.26 bits per heavy atom. The number of aliphatic hydroxyl groups excluding tert-OH is 1. The third-order valence-electron chi connectivity index (χ3n) is 6.85. The van der Waals surface area contributed by atoms with E-state index in [-0.39, 0.29) is 5.56 Å². The fourth-order valence-electron chi connectivity index (χ4n) is 4.81. The molecule has 0 spiro atoms. The third-order valence-corrected chi connectivity index (χ3v) is 7.10. The number of rotatable bonds is 9. The van der Waals surface area contributed by atoms with Crippen LogP contribution in [-0.2, 0) is 11.3 Å². The number of amides is 1. The van der Waals surface area contributed by atoms with Crippen LogP contribution in [0.4, 0.5) is 19.0 Å². The molecule has 38 heavy (non-hydrogen) atoms. The van der Waals surface area contributed by atoms with Crippen molar-refractivity contribution >= 4 is 29.1 Å². The summed E-state index contributed by atoms with van der Waals surface area (Å²) in [6.45, 7) is 4.18. The van der Waals surface area contributed by atoms with Gasteiger partial charge in [0, 0.05) is 35.9 Å². The van der Waals surface area contributed by atoms with Crippen molar-refractivity contribution in [3.05, 3.63) is 51.9 Å². The number of aromatic nitrogens is 3. The lowest BCUT2D eigenvalue weighted by Gasteiger charge is -2.30. The summed E-state index contributed by atoms with van der Waals surface area (Å²) in [5, 5.41) is 12.4. The first-order chi connectivity index (χ1) is 18.0. The SMILES string of the molecule is CCCCCn1c(N2CCC[C@H]2C(=O)NC(C)C(O)C(F)(F)F)cc(=O)n2cc(-c3ccc(Cl)cc3)nc12. The molecule has 0 radical (unpaired) electrons. The van der Waals surface area contributed by atoms with Gasteiger partial charge in [-0.2, -0.15) is 13.2 Å². The molecule has 1 fully saturated rings. The summed E-state index contributed by atoms with van der Waals surface area (Å²) >= 11 is 6.02. The van der Waals surface area contributed by atoms with E-state index < -0.39 is 30.3 Å². The molecule has 8 nitrogen and oxygen atoms in total. The van der Waals surface area contributed by atoms with Crippen LogP contribution in [-0.4, -0.2) is 55.9 Å². The molecule has 0 aliphatic carbocycles. The quantitative estimate of drug-likeness (QED) is 0.383. The predicted molar refractivity (Wildman–Crippen MR) is 139 cm³/mol. The number of anilines is 1. The van der Waals surface area contributed by atoms with Crippen LogP contribution < -0.4 is 15.8 Å². The van der Waals surface area contributed by atoms with E-state index in [1.165, 1.54) is 10.5 Å². The number of fused-ring (bicyclic) bond motifs is 1. The largest absolute Gasteiger partial charge is 0.416 e. The number of nitrogens with zero attached hydrogens (tertiary/aromatic N) is 4. The highest BCUT2D eigenvalue weighted by Crippen LogP contribution is 2.29. The molecular weight excluding hydrogens is 523 g/mol. The zero-order valence-electron chi connectivity index (χ0n) is 21.2. The minimum absolute atomic E-state index is 0.332. The molecule has 206 valence electrons. The lowest BCUT2D eigenvalue weighted by Crippen LogP contribution is -2.53. The summed E-state index contributed by atoms with van der Waals surface area (Å²) in [5.74, 6) is 0.282. The van der Waals surface area contributed by atoms with E-state index in [2.05, 4.69) is 12.2 Å². The lowest BCUT2D eigenvalue weighted by molar-refractivity contribution is -0.210. The van der Waals surface area contributed by atoms with Gasteiger partial charge in [-0.1, -0.05) is 43.5 Å². The molecule has 1 aromatic carbocycles. The monoisotopic (exact) mass is 553 g/mol. The van der Waals surface area contributed by atoms with Crippen molar-refractivity contribution in [1.29, 1.82) is 0 Å². The highest BCUT2D eigenvalue weighted by Gasteiger charge is 2.43. The molecule has 1 amide bonds. The number of hydrogen-bond donors (Lipinski definition) is 2. The molecule has 12 heteroatoms. The van der Waals surface area contributed by atoms with Crippen LogP contribution in [0.2, 0.25) is 5.02 Å². The van der Waals surface area contributed by atoms with Crippen LogP contribution in [0.1, 0.15) is 46.0 Å². The van der Waals surface area contributed by atoms with E-state index in [0.29, 0.717) is 48.2 Å². The van der Waals surface area contributed by atoms with E-state index >= 15 is 0 Å². The number of aliphatic hydroxyl groups is 1. The summed E-state index contributed by atoms with van der Waals surface area (Å²) in [6.07, 6.45) is -2.12. The molecule has 1 aliphatic rings. The third kappa shape index (κ3) is 5.83. The zero-order valence-corrected chi connectivity index (χ0v) is 22.0. The van der Waals surface area contributed by atoms with Crippen molar-refractivity contribution in [2.45, 2.75) is 76.9 Å². The minimum atomic E-state index is -4.85. The smallest absolute Gasteiger partial charge is 0.382 e. The molecule has 3 atom stereocenters. The summed E-state index contributed by atoms with van der Waals surface area (Å²) in [5.41, 5.74) is 1.04. The van der Waals surface area contributed by atoms with Gasteiger partial charge in [0.1, 0.15) is 11.9 Å². The summed E-state index contributed by atoms with van der Waals surface area (Å²) in [4.78, 5) is 32.8. The Bertz CT molecular complexity index is 1340. The van der Waals surface area contributed by atoms with Gasteiger partial charge in [0.15, 0.2) is 6.10 Å². The number of benzene rings is 1. The molecular formula is C26H31ClF3N5O3. The minimum Gasteiger partial charge on any atom is -0.382 e. The fourth-order valence-corrected chi connectivity index (χ4v) is 4.94. The van der Waals surface area contributed by atoms with Crippen LogP contribution in [0.15, 0.2) is 41.3 Å². The van der Waals surface area contributed by atoms with Crippen molar-refractivity contribution in [2.24, 2.45) is 0 Å². The number of carbonyl (C=O) groups is 1. The standard InChI is InChI=1S/C26H31ClF3N5O3/c1-3-4-5-12-34-21(33-13-6-7-20(33)24(38)31-16(2)23(37)26(28,29)30)14-22(36)35-15-19(32-25(34)35)17-8-10-18(27)11-9-17/h8-11,14-16,20,23,37H,3-7,12-13H2,1-2H3,(H,31,38)/t16?,20-,23?/m0/s1. The Balaban J connectivity index is 1.72. The molecule has 3 aromatic rings. The van der Waals surface area contributed by atoms with E-state index in [4.69, 9.17) is 16.6 Å². The number of nitrogens with one attached hydrogen (secondary N) is 1. The van der Waals surface area contributed by atoms with Gasteiger partial charge in [-0.3, -0.25) is 18.6 Å². The number of hydrogen-bond acceptors (Lipinski definition) is 5. The number of alkyl halides is 3. The molecule has 1 aliphatic heterocycles. The number of aryl methyl sites for hydroxylation is 1. The summed E-state index contributed by atoms with van der Waals surface area (Å²) in [6, 6.07) is 6.25. The summed E-state index contributed by atoms with van der Waals surface area (Å²) in [7, 11) is 0. The molecule has 2 N–H and O–H groups in total. The topological polar surface area (TPSA) is 91.9 Å². The Morgan fingerprint density at radius 2 is 1.97 bits per heavy atom.